The zero-order valence-corrected chi connectivity index (χ0v) is 14.2. The summed E-state index contributed by atoms with van der Waals surface area (Å²) in [4.78, 5) is 14.3. The second-order valence-corrected chi connectivity index (χ2v) is 6.38. The van der Waals surface area contributed by atoms with Gasteiger partial charge in [-0.05, 0) is 42.7 Å². The Morgan fingerprint density at radius 2 is 1.76 bits per heavy atom. The number of nitrogens with one attached hydrogen (secondary N) is 1. The number of anilines is 1. The quantitative estimate of drug-likeness (QED) is 0.929. The summed E-state index contributed by atoms with van der Waals surface area (Å²) < 4.78 is 11.3. The van der Waals surface area contributed by atoms with Crippen molar-refractivity contribution in [1.82, 2.24) is 4.90 Å². The molecule has 130 valence electrons. The maximum absolute atomic E-state index is 12.4. The first-order chi connectivity index (χ1) is 12.3. The fraction of sp³-hybridized carbons (Fsp3) is 0.350. The lowest BCUT2D eigenvalue weighted by Gasteiger charge is -2.21. The molecule has 0 saturated carbocycles. The number of para-hydroxylation sites is 1. The van der Waals surface area contributed by atoms with Gasteiger partial charge in [0, 0.05) is 25.2 Å². The van der Waals surface area contributed by atoms with Crippen molar-refractivity contribution < 1.29 is 14.3 Å². The number of rotatable bonds is 4. The average Bonchev–Trinajstić information content (AvgIpc) is 3.21. The van der Waals surface area contributed by atoms with Gasteiger partial charge in [-0.25, -0.2) is 0 Å². The van der Waals surface area contributed by atoms with E-state index in [0.29, 0.717) is 19.8 Å². The summed E-state index contributed by atoms with van der Waals surface area (Å²) >= 11 is 0. The maximum atomic E-state index is 12.4. The number of carbonyl (C=O) groups excluding carboxylic acids is 1. The van der Waals surface area contributed by atoms with E-state index in [2.05, 4.69) is 5.32 Å². The Labute approximate surface area is 147 Å². The van der Waals surface area contributed by atoms with E-state index in [1.807, 2.05) is 47.4 Å². The van der Waals surface area contributed by atoms with Crippen molar-refractivity contribution in [3.05, 3.63) is 53.6 Å². The first-order valence-electron chi connectivity index (χ1n) is 8.82. The molecule has 2 aliphatic heterocycles. The highest BCUT2D eigenvalue weighted by atomic mass is 16.6. The molecule has 0 aromatic heterocycles. The molecule has 0 unspecified atom stereocenters. The van der Waals surface area contributed by atoms with Crippen LogP contribution in [0.2, 0.25) is 0 Å². The van der Waals surface area contributed by atoms with Crippen LogP contribution in [-0.2, 0) is 6.54 Å². The fourth-order valence-corrected chi connectivity index (χ4v) is 3.28. The van der Waals surface area contributed by atoms with Gasteiger partial charge in [0.05, 0.1) is 5.69 Å². The van der Waals surface area contributed by atoms with E-state index in [0.717, 1.165) is 54.2 Å². The minimum absolute atomic E-state index is 0.139. The lowest BCUT2D eigenvalue weighted by molar-refractivity contribution is 0.0793. The standard InChI is InChI=1S/C20H22N2O3/c23-20(22-10-1-2-11-22)16-8-6-15(7-9-16)14-21-17-4-3-5-18-19(17)25-13-12-24-18/h3-9,21H,1-2,10-14H2. The molecule has 25 heavy (non-hydrogen) atoms. The molecule has 1 N–H and O–H groups in total. The SMILES string of the molecule is O=C(c1ccc(CNc2cccc3c2OCCO3)cc1)N1CCCC1. The molecule has 0 bridgehead atoms. The molecular weight excluding hydrogens is 316 g/mol. The van der Waals surface area contributed by atoms with Crippen molar-refractivity contribution in [2.75, 3.05) is 31.6 Å². The smallest absolute Gasteiger partial charge is 0.253 e. The van der Waals surface area contributed by atoms with Crippen LogP contribution >= 0.6 is 0 Å². The molecule has 5 nitrogen and oxygen atoms in total. The molecule has 0 atom stereocenters. The van der Waals surface area contributed by atoms with Crippen LogP contribution in [0.4, 0.5) is 5.69 Å². The molecular formula is C20H22N2O3. The van der Waals surface area contributed by atoms with Gasteiger partial charge in [-0.15, -0.1) is 0 Å². The van der Waals surface area contributed by atoms with Crippen LogP contribution in [0.5, 0.6) is 11.5 Å². The van der Waals surface area contributed by atoms with E-state index >= 15 is 0 Å². The van der Waals surface area contributed by atoms with Gasteiger partial charge >= 0.3 is 0 Å². The Balaban J connectivity index is 1.41. The highest BCUT2D eigenvalue weighted by Gasteiger charge is 2.19. The molecule has 2 heterocycles. The number of nitrogens with zero attached hydrogens (tertiary/aromatic N) is 1. The normalized spacial score (nSPS) is 15.9. The van der Waals surface area contributed by atoms with E-state index in [1.54, 1.807) is 0 Å². The highest BCUT2D eigenvalue weighted by molar-refractivity contribution is 5.94. The molecule has 2 aromatic rings. The van der Waals surface area contributed by atoms with Gasteiger partial charge in [-0.3, -0.25) is 4.79 Å². The number of carbonyl (C=O) groups is 1. The van der Waals surface area contributed by atoms with Gasteiger partial charge in [0.2, 0.25) is 0 Å². The third-order valence-electron chi connectivity index (χ3n) is 4.64. The number of hydrogen-bond acceptors (Lipinski definition) is 4. The van der Waals surface area contributed by atoms with Crippen LogP contribution in [0.1, 0.15) is 28.8 Å². The van der Waals surface area contributed by atoms with Crippen LogP contribution in [0.3, 0.4) is 0 Å². The van der Waals surface area contributed by atoms with Crippen LogP contribution in [0.15, 0.2) is 42.5 Å². The van der Waals surface area contributed by atoms with Crippen LogP contribution in [0, 0.1) is 0 Å². The second kappa shape index (κ2) is 7.05. The van der Waals surface area contributed by atoms with E-state index in [-0.39, 0.29) is 5.91 Å². The Morgan fingerprint density at radius 1 is 1.00 bits per heavy atom. The molecule has 1 fully saturated rings. The zero-order valence-electron chi connectivity index (χ0n) is 14.2. The summed E-state index contributed by atoms with van der Waals surface area (Å²) in [6.45, 7) is 3.58. The van der Waals surface area contributed by atoms with Crippen molar-refractivity contribution in [2.45, 2.75) is 19.4 Å². The summed E-state index contributed by atoms with van der Waals surface area (Å²) in [6, 6.07) is 13.7. The number of amides is 1. The molecule has 0 radical (unpaired) electrons. The van der Waals surface area contributed by atoms with Crippen molar-refractivity contribution in [3.8, 4) is 11.5 Å². The second-order valence-electron chi connectivity index (χ2n) is 6.38. The Hall–Kier alpha value is -2.69. The molecule has 5 heteroatoms. The van der Waals surface area contributed by atoms with Crippen molar-refractivity contribution in [1.29, 1.82) is 0 Å². The Bertz CT molecular complexity index is 752. The zero-order chi connectivity index (χ0) is 17.1. The predicted molar refractivity (Wildman–Crippen MR) is 96.3 cm³/mol. The van der Waals surface area contributed by atoms with Gasteiger partial charge in [-0.1, -0.05) is 18.2 Å². The lowest BCUT2D eigenvalue weighted by atomic mass is 10.1. The Kier molecular flexibility index (Phi) is 4.46. The van der Waals surface area contributed by atoms with E-state index in [1.165, 1.54) is 0 Å². The van der Waals surface area contributed by atoms with Gasteiger partial charge in [0.25, 0.3) is 5.91 Å². The van der Waals surface area contributed by atoms with Crippen LogP contribution < -0.4 is 14.8 Å². The van der Waals surface area contributed by atoms with Crippen LogP contribution in [-0.4, -0.2) is 37.1 Å². The van der Waals surface area contributed by atoms with E-state index < -0.39 is 0 Å². The third-order valence-corrected chi connectivity index (χ3v) is 4.64. The minimum atomic E-state index is 0.139. The van der Waals surface area contributed by atoms with Gasteiger partial charge < -0.3 is 19.7 Å². The third kappa shape index (κ3) is 3.40. The van der Waals surface area contributed by atoms with Crippen molar-refractivity contribution >= 4 is 11.6 Å². The average molecular weight is 338 g/mol. The molecule has 1 saturated heterocycles. The monoisotopic (exact) mass is 338 g/mol. The lowest BCUT2D eigenvalue weighted by Crippen LogP contribution is -2.27. The number of fused-ring (bicyclic) bond motifs is 1. The first-order valence-corrected chi connectivity index (χ1v) is 8.82. The number of hydrogen-bond donors (Lipinski definition) is 1. The topological polar surface area (TPSA) is 50.8 Å². The summed E-state index contributed by atoms with van der Waals surface area (Å²) in [5, 5.41) is 3.39. The minimum Gasteiger partial charge on any atom is -0.486 e. The van der Waals surface area contributed by atoms with E-state index in [4.69, 9.17) is 9.47 Å². The maximum Gasteiger partial charge on any atom is 0.253 e. The predicted octanol–water partition coefficient (Wildman–Crippen LogP) is 3.31. The number of ether oxygens (including phenoxy) is 2. The largest absolute Gasteiger partial charge is 0.486 e. The Morgan fingerprint density at radius 3 is 2.56 bits per heavy atom. The van der Waals surface area contributed by atoms with Gasteiger partial charge in [0.1, 0.15) is 13.2 Å². The summed E-state index contributed by atoms with van der Waals surface area (Å²) in [5.41, 5.74) is 2.81. The first kappa shape index (κ1) is 15.8. The summed E-state index contributed by atoms with van der Waals surface area (Å²) in [7, 11) is 0. The van der Waals surface area contributed by atoms with E-state index in [9.17, 15) is 4.79 Å². The molecule has 0 aliphatic carbocycles. The van der Waals surface area contributed by atoms with Gasteiger partial charge in [0.15, 0.2) is 11.5 Å². The van der Waals surface area contributed by atoms with Crippen molar-refractivity contribution in [3.63, 3.8) is 0 Å². The number of likely N-dealkylation sites (tertiary alicyclic amines) is 1. The van der Waals surface area contributed by atoms with Gasteiger partial charge in [-0.2, -0.15) is 0 Å². The molecule has 0 spiro atoms. The van der Waals surface area contributed by atoms with Crippen LogP contribution in [0.25, 0.3) is 0 Å². The summed E-state index contributed by atoms with van der Waals surface area (Å²) in [6.07, 6.45) is 2.22. The fourth-order valence-electron chi connectivity index (χ4n) is 3.28. The highest BCUT2D eigenvalue weighted by Crippen LogP contribution is 2.37. The summed E-state index contributed by atoms with van der Waals surface area (Å²) in [5.74, 6) is 1.69. The molecule has 2 aliphatic rings. The molecule has 4 rings (SSSR count). The molecule has 1 amide bonds. The van der Waals surface area contributed by atoms with Crippen molar-refractivity contribution in [2.24, 2.45) is 0 Å². The number of benzene rings is 2. The molecule has 2 aromatic carbocycles.